The zero-order chi connectivity index (χ0) is 19.5. The number of ketones is 1. The highest BCUT2D eigenvalue weighted by Gasteiger charge is 2.79. The van der Waals surface area contributed by atoms with Gasteiger partial charge in [-0.05, 0) is 64.2 Å². The largest absolute Gasteiger partial charge is 0.378 e. The van der Waals surface area contributed by atoms with Crippen LogP contribution in [0.25, 0.3) is 0 Å². The molecule has 0 saturated heterocycles. The third-order valence-corrected chi connectivity index (χ3v) is 8.79. The molecule has 0 aromatic heterocycles. The van der Waals surface area contributed by atoms with Gasteiger partial charge in [-0.15, -0.1) is 0 Å². The molecule has 2 spiro atoms. The Morgan fingerprint density at radius 3 is 1.48 bits per heavy atom. The average molecular weight is 419 g/mol. The van der Waals surface area contributed by atoms with Crippen LogP contribution in [0.5, 0.6) is 0 Å². The van der Waals surface area contributed by atoms with Crippen LogP contribution in [0.4, 0.5) is 0 Å². The minimum atomic E-state index is -0.931. The molecule has 0 N–H and O–H groups in total. The number of unbranched alkanes of at least 4 members (excludes halogenated alkanes) is 2. The van der Waals surface area contributed by atoms with Crippen molar-refractivity contribution in [1.29, 1.82) is 0 Å². The second kappa shape index (κ2) is 8.90. The van der Waals surface area contributed by atoms with Crippen LogP contribution < -0.4 is 0 Å². The van der Waals surface area contributed by atoms with Crippen LogP contribution in [-0.4, -0.2) is 35.5 Å². The van der Waals surface area contributed by atoms with Crippen LogP contribution in [0, 0.1) is 10.8 Å². The van der Waals surface area contributed by atoms with E-state index in [-0.39, 0.29) is 12.2 Å². The fraction of sp³-hybridized carbons (Fsp3) is 0.955. The molecule has 5 heteroatoms. The summed E-state index contributed by atoms with van der Waals surface area (Å²) >= 11 is 14.0. The number of rotatable bonds is 8. The van der Waals surface area contributed by atoms with E-state index in [1.54, 1.807) is 0 Å². The summed E-state index contributed by atoms with van der Waals surface area (Å²) in [5.74, 6) is 0.332. The Balaban J connectivity index is 1.56. The molecule has 0 radical (unpaired) electrons. The maximum atomic E-state index is 13.4. The third kappa shape index (κ3) is 3.71. The lowest BCUT2D eigenvalue weighted by Gasteiger charge is -2.66. The standard InChI is InChI=1S/C22H36Cl2O3/c1-3-5-15-26-17-7-11-20(12-8-17)19(25)21(22(20,23)24)13-9-18(10-14-21)27-16-6-4-2/h17-18H,3-16H2,1-2H3. The SMILES string of the molecule is CCCCOC1CCC2(CC1)C(=O)C1(CCC(OCCCC)CC1)C2(Cl)Cl. The first-order chi connectivity index (χ1) is 12.9. The van der Waals surface area contributed by atoms with Crippen molar-refractivity contribution in [2.24, 2.45) is 10.8 Å². The summed E-state index contributed by atoms with van der Waals surface area (Å²) < 4.78 is 11.0. The predicted molar refractivity (Wildman–Crippen MR) is 111 cm³/mol. The summed E-state index contributed by atoms with van der Waals surface area (Å²) in [4.78, 5) is 13.4. The van der Waals surface area contributed by atoms with Crippen molar-refractivity contribution in [2.75, 3.05) is 13.2 Å². The zero-order valence-corrected chi connectivity index (χ0v) is 18.5. The first kappa shape index (κ1) is 21.9. The molecule has 0 aromatic rings. The van der Waals surface area contributed by atoms with Gasteiger partial charge in [-0.2, -0.15) is 0 Å². The summed E-state index contributed by atoms with van der Waals surface area (Å²) in [6.07, 6.45) is 11.7. The molecular formula is C22H36Cl2O3. The van der Waals surface area contributed by atoms with Gasteiger partial charge in [-0.1, -0.05) is 49.9 Å². The van der Waals surface area contributed by atoms with E-state index in [4.69, 9.17) is 32.7 Å². The molecule has 27 heavy (non-hydrogen) atoms. The summed E-state index contributed by atoms with van der Waals surface area (Å²) in [5.41, 5.74) is -1.09. The molecule has 3 rings (SSSR count). The number of carbonyl (C=O) groups is 1. The lowest BCUT2D eigenvalue weighted by atomic mass is 9.43. The molecule has 3 aliphatic rings. The fourth-order valence-corrected chi connectivity index (χ4v) is 6.61. The average Bonchev–Trinajstić information content (AvgIpc) is 2.68. The van der Waals surface area contributed by atoms with Crippen molar-refractivity contribution in [3.05, 3.63) is 0 Å². The zero-order valence-electron chi connectivity index (χ0n) is 17.0. The van der Waals surface area contributed by atoms with Crippen molar-refractivity contribution in [3.8, 4) is 0 Å². The Labute approximate surface area is 174 Å². The van der Waals surface area contributed by atoms with Crippen molar-refractivity contribution >= 4 is 29.0 Å². The van der Waals surface area contributed by atoms with Gasteiger partial charge in [0.15, 0.2) is 5.78 Å². The topological polar surface area (TPSA) is 35.5 Å². The van der Waals surface area contributed by atoms with Gasteiger partial charge < -0.3 is 9.47 Å². The molecule has 3 fully saturated rings. The van der Waals surface area contributed by atoms with E-state index in [1.807, 2.05) is 0 Å². The number of hydrogen-bond donors (Lipinski definition) is 0. The number of hydrogen-bond acceptors (Lipinski definition) is 3. The molecule has 0 unspecified atom stereocenters. The minimum absolute atomic E-state index is 0.262. The molecule has 3 nitrogen and oxygen atoms in total. The Kier molecular flexibility index (Phi) is 7.21. The summed E-state index contributed by atoms with van der Waals surface area (Å²) in [7, 11) is 0. The molecule has 0 aromatic carbocycles. The van der Waals surface area contributed by atoms with Crippen LogP contribution in [0.1, 0.15) is 90.9 Å². The van der Waals surface area contributed by atoms with Gasteiger partial charge in [-0.25, -0.2) is 0 Å². The summed E-state index contributed by atoms with van der Waals surface area (Å²) in [6.45, 7) is 5.98. The molecule has 0 aliphatic heterocycles. The Morgan fingerprint density at radius 1 is 0.815 bits per heavy atom. The molecule has 0 atom stereocenters. The number of halogens is 2. The van der Waals surface area contributed by atoms with E-state index in [9.17, 15) is 4.79 Å². The normalized spacial score (nSPS) is 38.3. The Hall–Kier alpha value is 0.170. The van der Waals surface area contributed by atoms with Crippen molar-refractivity contribution in [1.82, 2.24) is 0 Å². The van der Waals surface area contributed by atoms with Crippen LogP contribution in [0.2, 0.25) is 0 Å². The van der Waals surface area contributed by atoms with E-state index < -0.39 is 15.2 Å². The molecule has 3 aliphatic carbocycles. The molecule has 156 valence electrons. The van der Waals surface area contributed by atoms with E-state index in [2.05, 4.69) is 13.8 Å². The van der Waals surface area contributed by atoms with Crippen LogP contribution >= 0.6 is 23.2 Å². The number of alkyl halides is 2. The second-order valence-corrected chi connectivity index (χ2v) is 10.2. The van der Waals surface area contributed by atoms with Crippen molar-refractivity contribution < 1.29 is 14.3 Å². The predicted octanol–water partition coefficient (Wildman–Crippen LogP) is 6.23. The second-order valence-electron chi connectivity index (χ2n) is 8.92. The Morgan fingerprint density at radius 2 is 1.19 bits per heavy atom. The van der Waals surface area contributed by atoms with Crippen molar-refractivity contribution in [3.63, 3.8) is 0 Å². The van der Waals surface area contributed by atoms with Gasteiger partial charge in [0.1, 0.15) is 4.33 Å². The van der Waals surface area contributed by atoms with E-state index in [1.165, 1.54) is 0 Å². The van der Waals surface area contributed by atoms with E-state index in [0.717, 1.165) is 90.3 Å². The van der Waals surface area contributed by atoms with Crippen LogP contribution in [0.3, 0.4) is 0 Å². The highest BCUT2D eigenvalue weighted by Crippen LogP contribution is 2.73. The molecule has 0 bridgehead atoms. The lowest BCUT2D eigenvalue weighted by Crippen LogP contribution is -2.74. The Bertz CT molecular complexity index is 462. The summed E-state index contributed by atoms with van der Waals surface area (Å²) in [6, 6.07) is 0. The van der Waals surface area contributed by atoms with Gasteiger partial charge in [0.25, 0.3) is 0 Å². The lowest BCUT2D eigenvalue weighted by molar-refractivity contribution is -0.176. The van der Waals surface area contributed by atoms with Gasteiger partial charge >= 0.3 is 0 Å². The first-order valence-electron chi connectivity index (χ1n) is 11.1. The molecule has 0 heterocycles. The number of ether oxygens (including phenoxy) is 2. The highest BCUT2D eigenvalue weighted by molar-refractivity contribution is 6.55. The number of carbonyl (C=O) groups excluding carboxylic acids is 1. The third-order valence-electron chi connectivity index (χ3n) is 7.35. The molecule has 0 amide bonds. The minimum Gasteiger partial charge on any atom is -0.378 e. The maximum absolute atomic E-state index is 13.4. The van der Waals surface area contributed by atoms with E-state index in [0.29, 0.717) is 5.78 Å². The number of Topliss-reactive ketones (excluding diaryl/α,β-unsaturated/α-hetero) is 1. The van der Waals surface area contributed by atoms with Crippen molar-refractivity contribution in [2.45, 2.75) is 107 Å². The molecule has 3 saturated carbocycles. The molecular weight excluding hydrogens is 383 g/mol. The smallest absolute Gasteiger partial charge is 0.151 e. The van der Waals surface area contributed by atoms with E-state index >= 15 is 0 Å². The van der Waals surface area contributed by atoms with Gasteiger partial charge in [0.2, 0.25) is 0 Å². The highest BCUT2D eigenvalue weighted by atomic mass is 35.5. The van der Waals surface area contributed by atoms with Crippen LogP contribution in [-0.2, 0) is 14.3 Å². The quantitative estimate of drug-likeness (QED) is 0.345. The van der Waals surface area contributed by atoms with Crippen LogP contribution in [0.15, 0.2) is 0 Å². The monoisotopic (exact) mass is 418 g/mol. The van der Waals surface area contributed by atoms with Gasteiger partial charge in [0.05, 0.1) is 23.0 Å². The fourth-order valence-electron chi connectivity index (χ4n) is 5.51. The first-order valence-corrected chi connectivity index (χ1v) is 11.8. The van der Waals surface area contributed by atoms with Gasteiger partial charge in [-0.3, -0.25) is 4.79 Å². The summed E-state index contributed by atoms with van der Waals surface area (Å²) in [5, 5.41) is 0. The van der Waals surface area contributed by atoms with Gasteiger partial charge in [0, 0.05) is 13.2 Å². The maximum Gasteiger partial charge on any atom is 0.151 e.